The van der Waals surface area contributed by atoms with Crippen molar-refractivity contribution in [3.63, 3.8) is 0 Å². The minimum absolute atomic E-state index is 0.265. The van der Waals surface area contributed by atoms with Crippen molar-refractivity contribution in [3.05, 3.63) is 64.7 Å². The van der Waals surface area contributed by atoms with Gasteiger partial charge in [0.05, 0.1) is 6.04 Å². The Balaban J connectivity index is 2.39. The van der Waals surface area contributed by atoms with Gasteiger partial charge >= 0.3 is 0 Å². The first-order valence-electron chi connectivity index (χ1n) is 6.71. The number of halogens is 1. The van der Waals surface area contributed by atoms with E-state index in [1.807, 2.05) is 18.2 Å². The molecule has 0 saturated carbocycles. The van der Waals surface area contributed by atoms with Crippen LogP contribution in [0.1, 0.15) is 31.0 Å². The average molecular weight is 274 g/mol. The number of nitrogens with zero attached hydrogens (tertiary/aromatic N) is 1. The standard InChI is InChI=1S/C17H20ClN/c1-4-19(15-10-6-5-7-11-15)14(3)17-13(2)9-8-12-16(17)18/h5-12,14H,4H2,1-3H3. The van der Waals surface area contributed by atoms with Crippen LogP contribution in [0.15, 0.2) is 48.5 Å². The van der Waals surface area contributed by atoms with Crippen molar-refractivity contribution in [1.29, 1.82) is 0 Å². The van der Waals surface area contributed by atoms with Crippen LogP contribution in [0.5, 0.6) is 0 Å². The fraction of sp³-hybridized carbons (Fsp3) is 0.294. The summed E-state index contributed by atoms with van der Waals surface area (Å²) in [5.74, 6) is 0. The summed E-state index contributed by atoms with van der Waals surface area (Å²) in [6.45, 7) is 7.47. The fourth-order valence-electron chi connectivity index (χ4n) is 2.63. The molecular weight excluding hydrogens is 254 g/mol. The summed E-state index contributed by atoms with van der Waals surface area (Å²) in [6.07, 6.45) is 0. The highest BCUT2D eigenvalue weighted by Crippen LogP contribution is 2.32. The van der Waals surface area contributed by atoms with Crippen molar-refractivity contribution in [2.75, 3.05) is 11.4 Å². The van der Waals surface area contributed by atoms with E-state index < -0.39 is 0 Å². The van der Waals surface area contributed by atoms with Crippen LogP contribution in [0.2, 0.25) is 5.02 Å². The van der Waals surface area contributed by atoms with Crippen LogP contribution in [0.3, 0.4) is 0 Å². The molecule has 2 heteroatoms. The number of hydrogen-bond donors (Lipinski definition) is 0. The summed E-state index contributed by atoms with van der Waals surface area (Å²) in [4.78, 5) is 2.37. The molecule has 19 heavy (non-hydrogen) atoms. The second-order valence-electron chi connectivity index (χ2n) is 4.77. The Hall–Kier alpha value is -1.47. The molecule has 0 saturated heterocycles. The maximum Gasteiger partial charge on any atom is 0.0531 e. The molecule has 0 aliphatic carbocycles. The molecule has 0 heterocycles. The molecule has 2 rings (SSSR count). The molecule has 0 bridgehead atoms. The van der Waals surface area contributed by atoms with Crippen LogP contribution in [0, 0.1) is 6.92 Å². The van der Waals surface area contributed by atoms with E-state index in [2.05, 4.69) is 56.0 Å². The van der Waals surface area contributed by atoms with Gasteiger partial charge in [-0.05, 0) is 50.1 Å². The molecule has 1 unspecified atom stereocenters. The monoisotopic (exact) mass is 273 g/mol. The van der Waals surface area contributed by atoms with Crippen LogP contribution in [-0.2, 0) is 0 Å². The third-order valence-corrected chi connectivity index (χ3v) is 3.91. The molecule has 0 aliphatic heterocycles. The van der Waals surface area contributed by atoms with E-state index in [4.69, 9.17) is 11.6 Å². The number of rotatable bonds is 4. The van der Waals surface area contributed by atoms with Gasteiger partial charge < -0.3 is 4.90 Å². The highest BCUT2D eigenvalue weighted by Gasteiger charge is 2.18. The van der Waals surface area contributed by atoms with Crippen molar-refractivity contribution in [2.24, 2.45) is 0 Å². The van der Waals surface area contributed by atoms with E-state index in [0.717, 1.165) is 11.6 Å². The molecule has 1 atom stereocenters. The molecule has 0 amide bonds. The molecule has 0 N–H and O–H groups in total. The summed E-state index contributed by atoms with van der Waals surface area (Å²) < 4.78 is 0. The zero-order chi connectivity index (χ0) is 13.8. The summed E-state index contributed by atoms with van der Waals surface area (Å²) >= 11 is 6.39. The Morgan fingerprint density at radius 2 is 1.74 bits per heavy atom. The number of para-hydroxylation sites is 1. The molecule has 0 aromatic heterocycles. The first kappa shape index (κ1) is 14.0. The first-order chi connectivity index (χ1) is 9.15. The number of aryl methyl sites for hydroxylation is 1. The van der Waals surface area contributed by atoms with Crippen molar-refractivity contribution >= 4 is 17.3 Å². The molecule has 1 nitrogen and oxygen atoms in total. The minimum atomic E-state index is 0.265. The average Bonchev–Trinajstić information content (AvgIpc) is 2.40. The van der Waals surface area contributed by atoms with Gasteiger partial charge in [-0.1, -0.05) is 41.9 Å². The van der Waals surface area contributed by atoms with Gasteiger partial charge in [0.25, 0.3) is 0 Å². The van der Waals surface area contributed by atoms with Gasteiger partial charge in [-0.15, -0.1) is 0 Å². The number of anilines is 1. The fourth-order valence-corrected chi connectivity index (χ4v) is 3.01. The Morgan fingerprint density at radius 3 is 2.32 bits per heavy atom. The van der Waals surface area contributed by atoms with Crippen LogP contribution in [-0.4, -0.2) is 6.54 Å². The van der Waals surface area contributed by atoms with E-state index >= 15 is 0 Å². The highest BCUT2D eigenvalue weighted by atomic mass is 35.5. The van der Waals surface area contributed by atoms with Crippen LogP contribution in [0.4, 0.5) is 5.69 Å². The molecule has 100 valence electrons. The van der Waals surface area contributed by atoms with Gasteiger partial charge in [-0.25, -0.2) is 0 Å². The lowest BCUT2D eigenvalue weighted by atomic mass is 10.0. The largest absolute Gasteiger partial charge is 0.365 e. The smallest absolute Gasteiger partial charge is 0.0531 e. The second kappa shape index (κ2) is 6.12. The Morgan fingerprint density at radius 1 is 1.05 bits per heavy atom. The van der Waals surface area contributed by atoms with Crippen LogP contribution >= 0.6 is 11.6 Å². The lowest BCUT2D eigenvalue weighted by Gasteiger charge is -2.32. The highest BCUT2D eigenvalue weighted by molar-refractivity contribution is 6.31. The van der Waals surface area contributed by atoms with Gasteiger partial charge in [0.2, 0.25) is 0 Å². The van der Waals surface area contributed by atoms with Crippen LogP contribution < -0.4 is 4.90 Å². The Labute approximate surface area is 120 Å². The summed E-state index contributed by atoms with van der Waals surface area (Å²) in [5.41, 5.74) is 3.70. The third kappa shape index (κ3) is 2.93. The van der Waals surface area contributed by atoms with Gasteiger partial charge in [0.1, 0.15) is 0 Å². The summed E-state index contributed by atoms with van der Waals surface area (Å²) in [7, 11) is 0. The molecule has 0 fully saturated rings. The van der Waals surface area contributed by atoms with Gasteiger partial charge in [-0.2, -0.15) is 0 Å². The van der Waals surface area contributed by atoms with Crippen molar-refractivity contribution in [2.45, 2.75) is 26.8 Å². The van der Waals surface area contributed by atoms with E-state index in [0.29, 0.717) is 0 Å². The summed E-state index contributed by atoms with van der Waals surface area (Å²) in [5, 5.41) is 0.849. The van der Waals surface area contributed by atoms with Crippen molar-refractivity contribution in [3.8, 4) is 0 Å². The third-order valence-electron chi connectivity index (χ3n) is 3.58. The molecule has 0 aliphatic rings. The number of hydrogen-bond acceptors (Lipinski definition) is 1. The van der Waals surface area contributed by atoms with E-state index in [1.54, 1.807) is 0 Å². The van der Waals surface area contributed by atoms with Gasteiger partial charge in [-0.3, -0.25) is 0 Å². The zero-order valence-corrected chi connectivity index (χ0v) is 12.5. The van der Waals surface area contributed by atoms with Gasteiger partial charge in [0.15, 0.2) is 0 Å². The molecular formula is C17H20ClN. The normalized spacial score (nSPS) is 12.2. The van der Waals surface area contributed by atoms with Gasteiger partial charge in [0, 0.05) is 17.3 Å². The second-order valence-corrected chi connectivity index (χ2v) is 5.18. The summed E-state index contributed by atoms with van der Waals surface area (Å²) in [6, 6.07) is 16.8. The van der Waals surface area contributed by atoms with E-state index in [-0.39, 0.29) is 6.04 Å². The predicted octanol–water partition coefficient (Wildman–Crippen LogP) is 5.24. The number of benzene rings is 2. The lowest BCUT2D eigenvalue weighted by molar-refractivity contribution is 0.686. The zero-order valence-electron chi connectivity index (χ0n) is 11.7. The molecule has 2 aromatic rings. The Bertz CT molecular complexity index is 516. The van der Waals surface area contributed by atoms with Crippen molar-refractivity contribution in [1.82, 2.24) is 0 Å². The quantitative estimate of drug-likeness (QED) is 0.737. The topological polar surface area (TPSA) is 3.24 Å². The van der Waals surface area contributed by atoms with E-state index in [1.165, 1.54) is 16.8 Å². The predicted molar refractivity (Wildman–Crippen MR) is 84.1 cm³/mol. The maximum absolute atomic E-state index is 6.39. The van der Waals surface area contributed by atoms with Crippen LogP contribution in [0.25, 0.3) is 0 Å². The van der Waals surface area contributed by atoms with Crippen molar-refractivity contribution < 1.29 is 0 Å². The Kier molecular flexibility index (Phi) is 4.49. The SMILES string of the molecule is CCN(c1ccccc1)C(C)c1c(C)cccc1Cl. The lowest BCUT2D eigenvalue weighted by Crippen LogP contribution is -2.27. The molecule has 0 spiro atoms. The maximum atomic E-state index is 6.39. The van der Waals surface area contributed by atoms with E-state index in [9.17, 15) is 0 Å². The first-order valence-corrected chi connectivity index (χ1v) is 7.09. The molecule has 2 aromatic carbocycles. The minimum Gasteiger partial charge on any atom is -0.365 e. The molecule has 0 radical (unpaired) electrons.